The number of carbonyl (C=O) groups is 2. The van der Waals surface area contributed by atoms with Gasteiger partial charge in [-0.2, -0.15) is 0 Å². The lowest BCUT2D eigenvalue weighted by molar-refractivity contribution is -0.151. The molecule has 1 aromatic rings. The smallest absolute Gasteiger partial charge is 0.254 e. The Bertz CT molecular complexity index is 672. The van der Waals surface area contributed by atoms with Gasteiger partial charge in [0.25, 0.3) is 5.91 Å². The Hall–Kier alpha value is -1.99. The molecule has 6 nitrogen and oxygen atoms in total. The summed E-state index contributed by atoms with van der Waals surface area (Å²) in [6.45, 7) is 7.78. The summed E-state index contributed by atoms with van der Waals surface area (Å²) in [6, 6.07) is 6.35. The SMILES string of the molecule is CC(C)CN1C[C@H](OCc2ccccc2F)CN(C(=O)C(C)(C)O)CC1=O. The van der Waals surface area contributed by atoms with E-state index in [1.807, 2.05) is 13.8 Å². The summed E-state index contributed by atoms with van der Waals surface area (Å²) in [5.74, 6) is -0.802. The van der Waals surface area contributed by atoms with Crippen LogP contribution >= 0.6 is 0 Å². The molecule has 7 heteroatoms. The van der Waals surface area contributed by atoms with E-state index in [9.17, 15) is 19.1 Å². The minimum atomic E-state index is -1.58. The van der Waals surface area contributed by atoms with Crippen LogP contribution in [0.1, 0.15) is 33.3 Å². The van der Waals surface area contributed by atoms with Crippen molar-refractivity contribution >= 4 is 11.8 Å². The molecule has 0 saturated carbocycles. The molecule has 0 unspecified atom stereocenters. The van der Waals surface area contributed by atoms with Crippen LogP contribution in [0.2, 0.25) is 0 Å². The maximum Gasteiger partial charge on any atom is 0.254 e. The Morgan fingerprint density at radius 2 is 2.00 bits per heavy atom. The zero-order valence-corrected chi connectivity index (χ0v) is 16.4. The van der Waals surface area contributed by atoms with Gasteiger partial charge in [0.15, 0.2) is 0 Å². The largest absolute Gasteiger partial charge is 0.381 e. The van der Waals surface area contributed by atoms with Crippen LogP contribution in [0.25, 0.3) is 0 Å². The van der Waals surface area contributed by atoms with Crippen molar-refractivity contribution < 1.29 is 23.8 Å². The second kappa shape index (κ2) is 8.80. The summed E-state index contributed by atoms with van der Waals surface area (Å²) in [5.41, 5.74) is -1.16. The van der Waals surface area contributed by atoms with Crippen molar-refractivity contribution in [3.05, 3.63) is 35.6 Å². The minimum Gasteiger partial charge on any atom is -0.381 e. The van der Waals surface area contributed by atoms with Crippen LogP contribution in [0.15, 0.2) is 24.3 Å². The molecule has 1 fully saturated rings. The molecule has 1 aliphatic heterocycles. The molecule has 1 atom stereocenters. The fourth-order valence-corrected chi connectivity index (χ4v) is 3.07. The predicted molar refractivity (Wildman–Crippen MR) is 99.3 cm³/mol. The van der Waals surface area contributed by atoms with Crippen molar-refractivity contribution in [2.75, 3.05) is 26.2 Å². The molecule has 1 N–H and O–H groups in total. The van der Waals surface area contributed by atoms with Crippen molar-refractivity contribution in [1.29, 1.82) is 0 Å². The number of halogens is 1. The summed E-state index contributed by atoms with van der Waals surface area (Å²) in [6.07, 6.45) is -0.471. The summed E-state index contributed by atoms with van der Waals surface area (Å²) < 4.78 is 19.7. The fourth-order valence-electron chi connectivity index (χ4n) is 3.07. The molecule has 1 heterocycles. The highest BCUT2D eigenvalue weighted by atomic mass is 19.1. The third-order valence-electron chi connectivity index (χ3n) is 4.36. The number of aliphatic hydroxyl groups is 1. The first-order valence-electron chi connectivity index (χ1n) is 9.22. The van der Waals surface area contributed by atoms with E-state index in [0.717, 1.165) is 0 Å². The third kappa shape index (κ3) is 6.01. The molecule has 150 valence electrons. The lowest BCUT2D eigenvalue weighted by Gasteiger charge is -2.28. The van der Waals surface area contributed by atoms with Crippen LogP contribution in [-0.4, -0.2) is 64.6 Å². The van der Waals surface area contributed by atoms with Gasteiger partial charge in [0.1, 0.15) is 11.4 Å². The van der Waals surface area contributed by atoms with Crippen LogP contribution in [-0.2, 0) is 20.9 Å². The van der Waals surface area contributed by atoms with Crippen molar-refractivity contribution in [1.82, 2.24) is 9.80 Å². The van der Waals surface area contributed by atoms with Gasteiger partial charge in [-0.15, -0.1) is 0 Å². The van der Waals surface area contributed by atoms with Crippen molar-refractivity contribution in [3.63, 3.8) is 0 Å². The highest BCUT2D eigenvalue weighted by Crippen LogP contribution is 2.17. The van der Waals surface area contributed by atoms with Crippen LogP contribution in [0, 0.1) is 11.7 Å². The topological polar surface area (TPSA) is 70.1 Å². The average Bonchev–Trinajstić information content (AvgIpc) is 2.71. The van der Waals surface area contributed by atoms with E-state index >= 15 is 0 Å². The van der Waals surface area contributed by atoms with Gasteiger partial charge in [-0.1, -0.05) is 32.0 Å². The van der Waals surface area contributed by atoms with Gasteiger partial charge in [-0.3, -0.25) is 9.59 Å². The molecule has 1 aromatic carbocycles. The number of benzene rings is 1. The van der Waals surface area contributed by atoms with E-state index in [1.54, 1.807) is 23.1 Å². The fraction of sp³-hybridized carbons (Fsp3) is 0.600. The summed E-state index contributed by atoms with van der Waals surface area (Å²) in [5, 5.41) is 10.1. The maximum absolute atomic E-state index is 13.9. The Labute approximate surface area is 159 Å². The second-order valence-electron chi connectivity index (χ2n) is 7.96. The zero-order valence-electron chi connectivity index (χ0n) is 16.4. The second-order valence-corrected chi connectivity index (χ2v) is 7.96. The Morgan fingerprint density at radius 3 is 2.59 bits per heavy atom. The molecular formula is C20H29FN2O4. The third-order valence-corrected chi connectivity index (χ3v) is 4.36. The van der Waals surface area contributed by atoms with E-state index in [1.165, 1.54) is 24.8 Å². The Balaban J connectivity index is 2.17. The minimum absolute atomic E-state index is 0.0472. The zero-order chi connectivity index (χ0) is 20.2. The van der Waals surface area contributed by atoms with Crippen LogP contribution in [0.3, 0.4) is 0 Å². The van der Waals surface area contributed by atoms with E-state index in [4.69, 9.17) is 4.74 Å². The average molecular weight is 380 g/mol. The molecule has 0 bridgehead atoms. The first-order chi connectivity index (χ1) is 12.6. The van der Waals surface area contributed by atoms with Gasteiger partial charge in [-0.05, 0) is 25.8 Å². The van der Waals surface area contributed by atoms with Gasteiger partial charge in [0.05, 0.1) is 19.3 Å². The highest BCUT2D eigenvalue weighted by molar-refractivity contribution is 5.89. The Kier molecular flexibility index (Phi) is 6.95. The molecule has 0 aliphatic carbocycles. The molecule has 27 heavy (non-hydrogen) atoms. The van der Waals surface area contributed by atoms with Crippen LogP contribution in [0.5, 0.6) is 0 Å². The summed E-state index contributed by atoms with van der Waals surface area (Å²) in [7, 11) is 0. The van der Waals surface area contributed by atoms with Crippen molar-refractivity contribution in [2.24, 2.45) is 5.92 Å². The van der Waals surface area contributed by atoms with Gasteiger partial charge < -0.3 is 19.6 Å². The van der Waals surface area contributed by atoms with Crippen LogP contribution in [0.4, 0.5) is 4.39 Å². The maximum atomic E-state index is 13.9. The number of hydrogen-bond acceptors (Lipinski definition) is 4. The number of amides is 2. The molecule has 1 saturated heterocycles. The number of hydrogen-bond donors (Lipinski definition) is 1. The van der Waals surface area contributed by atoms with E-state index < -0.39 is 17.6 Å². The van der Waals surface area contributed by atoms with Gasteiger partial charge in [0, 0.05) is 25.2 Å². The molecule has 2 rings (SSSR count). The van der Waals surface area contributed by atoms with E-state index in [2.05, 4.69) is 0 Å². The van der Waals surface area contributed by atoms with Gasteiger partial charge in [0.2, 0.25) is 5.91 Å². The summed E-state index contributed by atoms with van der Waals surface area (Å²) >= 11 is 0. The lowest BCUT2D eigenvalue weighted by atomic mass is 10.1. The molecule has 1 aliphatic rings. The van der Waals surface area contributed by atoms with Gasteiger partial charge >= 0.3 is 0 Å². The number of carbonyl (C=O) groups excluding carboxylic acids is 2. The Morgan fingerprint density at radius 1 is 1.33 bits per heavy atom. The molecule has 0 radical (unpaired) electrons. The monoisotopic (exact) mass is 380 g/mol. The van der Waals surface area contributed by atoms with Crippen molar-refractivity contribution in [2.45, 2.75) is 46.0 Å². The molecule has 0 spiro atoms. The van der Waals surface area contributed by atoms with E-state index in [0.29, 0.717) is 18.7 Å². The first-order valence-corrected chi connectivity index (χ1v) is 9.22. The highest BCUT2D eigenvalue weighted by Gasteiger charge is 2.36. The number of nitrogens with zero attached hydrogens (tertiary/aromatic N) is 2. The predicted octanol–water partition coefficient (Wildman–Crippen LogP) is 1.81. The lowest BCUT2D eigenvalue weighted by Crippen LogP contribution is -2.49. The quantitative estimate of drug-likeness (QED) is 0.817. The van der Waals surface area contributed by atoms with Crippen LogP contribution < -0.4 is 0 Å². The van der Waals surface area contributed by atoms with E-state index in [-0.39, 0.29) is 37.3 Å². The first kappa shape index (κ1) is 21.3. The van der Waals surface area contributed by atoms with Gasteiger partial charge in [-0.25, -0.2) is 4.39 Å². The molecular weight excluding hydrogens is 351 g/mol. The molecule has 0 aromatic heterocycles. The van der Waals surface area contributed by atoms with Crippen molar-refractivity contribution in [3.8, 4) is 0 Å². The number of rotatable bonds is 6. The standard InChI is InChI=1S/C20H29FN2O4/c1-14(2)9-22-10-16(27-13-15-7-5-6-8-17(15)21)11-23(12-18(22)24)19(25)20(3,4)26/h5-8,14,16,26H,9-13H2,1-4H3/t16-/m0/s1. The molecule has 2 amide bonds. The summed E-state index contributed by atoms with van der Waals surface area (Å²) in [4.78, 5) is 28.1. The normalized spacial score (nSPS) is 18.8. The number of ether oxygens (including phenoxy) is 1.